The van der Waals surface area contributed by atoms with Gasteiger partial charge in [0, 0.05) is 13.6 Å². The van der Waals surface area contributed by atoms with Crippen LogP contribution >= 0.6 is 0 Å². The molecule has 2 aromatic carbocycles. The lowest BCUT2D eigenvalue weighted by Crippen LogP contribution is -2.31. The van der Waals surface area contributed by atoms with Crippen LogP contribution in [0.25, 0.3) is 0 Å². The van der Waals surface area contributed by atoms with E-state index in [1.807, 2.05) is 13.0 Å². The summed E-state index contributed by atoms with van der Waals surface area (Å²) in [5.74, 6) is 0.617. The molecule has 1 unspecified atom stereocenters. The summed E-state index contributed by atoms with van der Waals surface area (Å²) in [5.41, 5.74) is 2.31. The topological polar surface area (TPSA) is 66.8 Å². The summed E-state index contributed by atoms with van der Waals surface area (Å²) in [6.07, 6.45) is -0.939. The number of sulfonamides is 1. The minimum atomic E-state index is -3.66. The molecule has 0 aromatic heterocycles. The fourth-order valence-electron chi connectivity index (χ4n) is 2.55. The smallest absolute Gasteiger partial charge is 0.243 e. The molecule has 2 rings (SSSR count). The quantitative estimate of drug-likeness (QED) is 0.871. The van der Waals surface area contributed by atoms with Crippen molar-refractivity contribution in [1.29, 1.82) is 0 Å². The number of hydrogen-bond acceptors (Lipinski definition) is 4. The average Bonchev–Trinajstić information content (AvgIpc) is 2.54. The van der Waals surface area contributed by atoms with E-state index in [2.05, 4.69) is 0 Å². The number of hydrogen-bond donors (Lipinski definition) is 1. The van der Waals surface area contributed by atoms with E-state index in [1.54, 1.807) is 50.4 Å². The van der Waals surface area contributed by atoms with Crippen LogP contribution in [0.5, 0.6) is 5.75 Å². The van der Waals surface area contributed by atoms with Gasteiger partial charge in [0.2, 0.25) is 10.0 Å². The Hall–Kier alpha value is -1.89. The first-order valence-corrected chi connectivity index (χ1v) is 9.05. The predicted octanol–water partition coefficient (Wildman–Crippen LogP) is 2.67. The summed E-state index contributed by atoms with van der Waals surface area (Å²) in [6, 6.07) is 12.2. The van der Waals surface area contributed by atoms with Crippen LogP contribution in [0.4, 0.5) is 0 Å². The normalized spacial score (nSPS) is 13.1. The highest BCUT2D eigenvalue weighted by Crippen LogP contribution is 2.24. The standard InChI is InChI=1S/C18H23NO4S/c1-13-8-9-18(14(2)10-13)24(21,22)19(3)12-17(20)15-6-5-7-16(11-15)23-4/h5-11,17,20H,12H2,1-4H3. The van der Waals surface area contributed by atoms with E-state index < -0.39 is 16.1 Å². The van der Waals surface area contributed by atoms with E-state index in [-0.39, 0.29) is 11.4 Å². The summed E-state index contributed by atoms with van der Waals surface area (Å²) < 4.78 is 31.8. The van der Waals surface area contributed by atoms with Crippen LogP contribution in [-0.2, 0) is 10.0 Å². The molecular formula is C18H23NO4S. The Morgan fingerprint density at radius 2 is 1.88 bits per heavy atom. The maximum Gasteiger partial charge on any atom is 0.243 e. The lowest BCUT2D eigenvalue weighted by atomic mass is 10.1. The summed E-state index contributed by atoms with van der Waals surface area (Å²) in [6.45, 7) is 3.65. The van der Waals surface area contributed by atoms with Crippen LogP contribution in [0.15, 0.2) is 47.4 Å². The molecule has 0 saturated heterocycles. The minimum Gasteiger partial charge on any atom is -0.497 e. The zero-order valence-electron chi connectivity index (χ0n) is 14.4. The summed E-state index contributed by atoms with van der Waals surface area (Å²) >= 11 is 0. The first-order chi connectivity index (χ1) is 11.3. The monoisotopic (exact) mass is 349 g/mol. The van der Waals surface area contributed by atoms with E-state index in [0.717, 1.165) is 5.56 Å². The molecule has 0 fully saturated rings. The summed E-state index contributed by atoms with van der Waals surface area (Å²) in [4.78, 5) is 0.258. The van der Waals surface area contributed by atoms with Crippen molar-refractivity contribution >= 4 is 10.0 Å². The SMILES string of the molecule is COc1cccc(C(O)CN(C)S(=O)(=O)c2ccc(C)cc2C)c1. The molecule has 1 atom stereocenters. The van der Waals surface area contributed by atoms with Gasteiger partial charge in [0.25, 0.3) is 0 Å². The third kappa shape index (κ3) is 3.95. The van der Waals surface area contributed by atoms with Crippen LogP contribution in [0.1, 0.15) is 22.8 Å². The van der Waals surface area contributed by atoms with Gasteiger partial charge in [-0.25, -0.2) is 8.42 Å². The number of aliphatic hydroxyl groups is 1. The van der Waals surface area contributed by atoms with Gasteiger partial charge in [0.05, 0.1) is 18.1 Å². The van der Waals surface area contributed by atoms with E-state index in [4.69, 9.17) is 4.74 Å². The molecule has 0 spiro atoms. The fraction of sp³-hybridized carbons (Fsp3) is 0.333. The van der Waals surface area contributed by atoms with E-state index in [9.17, 15) is 13.5 Å². The molecule has 0 bridgehead atoms. The van der Waals surface area contributed by atoms with Crippen molar-refractivity contribution in [3.8, 4) is 5.75 Å². The Morgan fingerprint density at radius 1 is 1.17 bits per heavy atom. The van der Waals surface area contributed by atoms with Crippen LogP contribution in [-0.4, -0.2) is 38.5 Å². The lowest BCUT2D eigenvalue weighted by Gasteiger charge is -2.22. The number of nitrogens with zero attached hydrogens (tertiary/aromatic N) is 1. The highest BCUT2D eigenvalue weighted by Gasteiger charge is 2.25. The highest BCUT2D eigenvalue weighted by molar-refractivity contribution is 7.89. The molecule has 24 heavy (non-hydrogen) atoms. The summed E-state index contributed by atoms with van der Waals surface area (Å²) in [7, 11) is -0.649. The zero-order chi connectivity index (χ0) is 17.9. The molecule has 0 aliphatic heterocycles. The van der Waals surface area contributed by atoms with Crippen molar-refractivity contribution in [2.75, 3.05) is 20.7 Å². The number of aliphatic hydroxyl groups excluding tert-OH is 1. The maximum absolute atomic E-state index is 12.7. The number of rotatable bonds is 6. The Labute approximate surface area is 143 Å². The van der Waals surface area contributed by atoms with Gasteiger partial charge in [-0.2, -0.15) is 4.31 Å². The van der Waals surface area contributed by atoms with Gasteiger partial charge >= 0.3 is 0 Å². The van der Waals surface area contributed by atoms with Gasteiger partial charge in [0.1, 0.15) is 5.75 Å². The second kappa shape index (κ2) is 7.34. The van der Waals surface area contributed by atoms with Gasteiger partial charge in [-0.05, 0) is 43.2 Å². The Morgan fingerprint density at radius 3 is 2.50 bits per heavy atom. The van der Waals surface area contributed by atoms with Crippen LogP contribution in [0.3, 0.4) is 0 Å². The van der Waals surface area contributed by atoms with E-state index in [1.165, 1.54) is 11.4 Å². The Bertz CT molecular complexity index is 818. The summed E-state index contributed by atoms with van der Waals surface area (Å²) in [5, 5.41) is 10.4. The zero-order valence-corrected chi connectivity index (χ0v) is 15.2. The molecular weight excluding hydrogens is 326 g/mol. The van der Waals surface area contributed by atoms with Crippen molar-refractivity contribution in [2.45, 2.75) is 24.8 Å². The van der Waals surface area contributed by atoms with Crippen LogP contribution in [0.2, 0.25) is 0 Å². The molecule has 0 saturated carbocycles. The largest absolute Gasteiger partial charge is 0.497 e. The van der Waals surface area contributed by atoms with Gasteiger partial charge < -0.3 is 9.84 Å². The van der Waals surface area contributed by atoms with E-state index >= 15 is 0 Å². The maximum atomic E-state index is 12.7. The van der Waals surface area contributed by atoms with Crippen molar-refractivity contribution in [3.63, 3.8) is 0 Å². The van der Waals surface area contributed by atoms with Crippen LogP contribution < -0.4 is 4.74 Å². The molecule has 6 heteroatoms. The van der Waals surface area contributed by atoms with Gasteiger partial charge in [-0.3, -0.25) is 0 Å². The number of likely N-dealkylation sites (N-methyl/N-ethyl adjacent to an activating group) is 1. The first kappa shape index (κ1) is 18.4. The molecule has 5 nitrogen and oxygen atoms in total. The molecule has 0 aliphatic carbocycles. The van der Waals surface area contributed by atoms with Gasteiger partial charge in [-0.15, -0.1) is 0 Å². The first-order valence-electron chi connectivity index (χ1n) is 7.61. The van der Waals surface area contributed by atoms with E-state index in [0.29, 0.717) is 16.9 Å². The molecule has 1 N–H and O–H groups in total. The molecule has 0 radical (unpaired) electrons. The number of aryl methyl sites for hydroxylation is 2. The van der Waals surface area contributed by atoms with Crippen molar-refractivity contribution in [2.24, 2.45) is 0 Å². The third-order valence-electron chi connectivity index (χ3n) is 3.93. The highest BCUT2D eigenvalue weighted by atomic mass is 32.2. The number of methoxy groups -OCH3 is 1. The predicted molar refractivity (Wildman–Crippen MR) is 93.7 cm³/mol. The molecule has 0 amide bonds. The number of ether oxygens (including phenoxy) is 1. The fourth-order valence-corrected chi connectivity index (χ4v) is 3.93. The van der Waals surface area contributed by atoms with Crippen molar-refractivity contribution < 1.29 is 18.3 Å². The van der Waals surface area contributed by atoms with Crippen molar-refractivity contribution in [3.05, 3.63) is 59.2 Å². The second-order valence-corrected chi connectivity index (χ2v) is 7.86. The van der Waals surface area contributed by atoms with Gasteiger partial charge in [-0.1, -0.05) is 29.8 Å². The molecule has 0 aliphatic rings. The third-order valence-corrected chi connectivity index (χ3v) is 5.91. The second-order valence-electron chi connectivity index (χ2n) is 5.85. The van der Waals surface area contributed by atoms with Crippen molar-refractivity contribution in [1.82, 2.24) is 4.31 Å². The molecule has 0 heterocycles. The Kier molecular flexibility index (Phi) is 5.64. The van der Waals surface area contributed by atoms with Gasteiger partial charge in [0.15, 0.2) is 0 Å². The molecule has 2 aromatic rings. The van der Waals surface area contributed by atoms with Crippen LogP contribution in [0, 0.1) is 13.8 Å². The minimum absolute atomic E-state index is 0.0389. The Balaban J connectivity index is 2.22. The number of benzene rings is 2. The lowest BCUT2D eigenvalue weighted by molar-refractivity contribution is 0.154. The average molecular weight is 349 g/mol. The molecule has 130 valence electrons.